The van der Waals surface area contributed by atoms with Gasteiger partial charge in [0.1, 0.15) is 29.1 Å². The molecule has 0 bridgehead atoms. The lowest BCUT2D eigenvalue weighted by Gasteiger charge is -2.20. The molecule has 0 unspecified atom stereocenters. The predicted octanol–water partition coefficient (Wildman–Crippen LogP) is 4.62. The topological polar surface area (TPSA) is 120 Å². The first-order valence-corrected chi connectivity index (χ1v) is 9.66. The third-order valence-corrected chi connectivity index (χ3v) is 5.10. The zero-order valence-corrected chi connectivity index (χ0v) is 17.6. The number of benzene rings is 2. The van der Waals surface area contributed by atoms with Crippen molar-refractivity contribution < 1.29 is 22.4 Å². The van der Waals surface area contributed by atoms with Crippen molar-refractivity contribution in [1.29, 1.82) is 5.26 Å². The van der Waals surface area contributed by atoms with Crippen LogP contribution in [-0.4, -0.2) is 27.0 Å². The van der Waals surface area contributed by atoms with E-state index in [1.54, 1.807) is 6.92 Å². The lowest BCUT2D eigenvalue weighted by atomic mass is 10.00. The van der Waals surface area contributed by atoms with Crippen LogP contribution < -0.4 is 15.2 Å². The molecule has 2 aromatic carbocycles. The fourth-order valence-electron chi connectivity index (χ4n) is 3.18. The van der Waals surface area contributed by atoms with Crippen molar-refractivity contribution in [1.82, 2.24) is 19.9 Å². The van der Waals surface area contributed by atoms with Crippen molar-refractivity contribution in [3.63, 3.8) is 0 Å². The molecule has 0 amide bonds. The fourth-order valence-corrected chi connectivity index (χ4v) is 3.35. The summed E-state index contributed by atoms with van der Waals surface area (Å²) in [6.07, 6.45) is 2.82. The van der Waals surface area contributed by atoms with Gasteiger partial charge in [0.2, 0.25) is 0 Å². The van der Waals surface area contributed by atoms with Gasteiger partial charge in [0, 0.05) is 23.5 Å². The van der Waals surface area contributed by atoms with Gasteiger partial charge in [-0.05, 0) is 25.1 Å². The van der Waals surface area contributed by atoms with Crippen LogP contribution in [0.1, 0.15) is 28.5 Å². The van der Waals surface area contributed by atoms with Gasteiger partial charge in [0.15, 0.2) is 29.2 Å². The summed E-state index contributed by atoms with van der Waals surface area (Å²) in [5.74, 6) is -2.56. The van der Waals surface area contributed by atoms with Gasteiger partial charge in [-0.2, -0.15) is 5.26 Å². The molecule has 0 radical (unpaired) electrons. The number of nitrogens with zero attached hydrogens (tertiary/aromatic N) is 5. The van der Waals surface area contributed by atoms with E-state index in [-0.39, 0.29) is 50.7 Å². The van der Waals surface area contributed by atoms with Crippen LogP contribution in [-0.2, 0) is 0 Å². The predicted molar refractivity (Wildman–Crippen MR) is 117 cm³/mol. The molecule has 0 saturated carbocycles. The normalized spacial score (nSPS) is 13.5. The summed E-state index contributed by atoms with van der Waals surface area (Å²) in [6.45, 7) is 1.57. The van der Waals surface area contributed by atoms with E-state index in [2.05, 4.69) is 19.9 Å². The van der Waals surface area contributed by atoms with Crippen LogP contribution in [0.5, 0.6) is 11.5 Å². The third kappa shape index (κ3) is 3.94. The zero-order chi connectivity index (χ0) is 26.2. The highest BCUT2D eigenvalue weighted by Gasteiger charge is 2.24. The lowest BCUT2D eigenvalue weighted by Crippen LogP contribution is -2.10. The molecule has 2 heterocycles. The second-order valence-electron chi connectivity index (χ2n) is 6.76. The monoisotopic (exact) mass is 471 g/mol. The van der Waals surface area contributed by atoms with Crippen molar-refractivity contribution in [2.45, 2.75) is 13.0 Å². The molecular weight excluding hydrogens is 454 g/mol. The van der Waals surface area contributed by atoms with Crippen molar-refractivity contribution in [3.8, 4) is 28.7 Å². The number of fused-ring (bicyclic) bond motifs is 1. The number of rotatable bonds is 5. The molecule has 2 aromatic heterocycles. The van der Waals surface area contributed by atoms with E-state index in [4.69, 9.17) is 36.2 Å². The maximum absolute atomic E-state index is 15.0. The van der Waals surface area contributed by atoms with Gasteiger partial charge in [0.25, 0.3) is 0 Å². The summed E-state index contributed by atoms with van der Waals surface area (Å²) < 4.78 is 62.7. The van der Waals surface area contributed by atoms with Gasteiger partial charge in [-0.1, -0.05) is 11.6 Å². The summed E-state index contributed by atoms with van der Waals surface area (Å²) >= 11 is 5.76. The number of methoxy groups -OCH3 is 1. The first-order chi connectivity index (χ1) is 17.0. The number of hydrogen-bond acceptors (Lipinski definition) is 8. The van der Waals surface area contributed by atoms with Crippen LogP contribution in [0.4, 0.5) is 14.6 Å². The van der Waals surface area contributed by atoms with Gasteiger partial charge in [0.05, 0.1) is 27.6 Å². The Morgan fingerprint density at radius 3 is 2.64 bits per heavy atom. The summed E-state index contributed by atoms with van der Waals surface area (Å²) in [4.78, 5) is 16.3. The minimum atomic E-state index is -2.94. The van der Waals surface area contributed by atoms with Gasteiger partial charge in [-0.25, -0.2) is 28.7 Å². The maximum Gasteiger partial charge on any atom is 0.175 e. The molecule has 0 aliphatic heterocycles. The maximum atomic E-state index is 15.0. The van der Waals surface area contributed by atoms with Crippen LogP contribution in [0.25, 0.3) is 22.0 Å². The summed E-state index contributed by atoms with van der Waals surface area (Å²) in [5.41, 5.74) is 6.21. The van der Waals surface area contributed by atoms with Crippen LogP contribution in [0.3, 0.4) is 0 Å². The van der Waals surface area contributed by atoms with Crippen molar-refractivity contribution in [2.24, 2.45) is 0 Å². The number of aromatic nitrogens is 4. The van der Waals surface area contributed by atoms with Crippen molar-refractivity contribution in [2.75, 3.05) is 12.8 Å². The molecule has 0 fully saturated rings. The highest BCUT2D eigenvalue weighted by atomic mass is 35.5. The van der Waals surface area contributed by atoms with E-state index < -0.39 is 29.8 Å². The second-order valence-corrected chi connectivity index (χ2v) is 7.14. The van der Waals surface area contributed by atoms with E-state index in [9.17, 15) is 8.78 Å². The molecule has 0 spiro atoms. The number of nitrogen functional groups attached to an aromatic ring is 1. The Balaban J connectivity index is 1.97. The molecule has 8 nitrogen and oxygen atoms in total. The Hall–Kier alpha value is -4.10. The van der Waals surface area contributed by atoms with Crippen molar-refractivity contribution >= 4 is 28.3 Å². The molecule has 166 valence electrons. The van der Waals surface area contributed by atoms with Gasteiger partial charge >= 0.3 is 0 Å². The molecule has 4 aromatic rings. The molecule has 4 rings (SSSR count). The molecule has 33 heavy (non-hydrogen) atoms. The summed E-state index contributed by atoms with van der Waals surface area (Å²) in [7, 11) is -2.94. The summed E-state index contributed by atoms with van der Waals surface area (Å²) in [6, 6.07) is 5.15. The van der Waals surface area contributed by atoms with E-state index in [1.807, 2.05) is 6.07 Å². The number of halogens is 3. The Labute approximate surface area is 195 Å². The van der Waals surface area contributed by atoms with Crippen molar-refractivity contribution in [3.05, 3.63) is 65.0 Å². The number of ether oxygens (including phenoxy) is 2. The molecule has 0 aliphatic rings. The quantitative estimate of drug-likeness (QED) is 0.418. The largest absolute Gasteiger partial charge is 0.493 e. The second kappa shape index (κ2) is 8.80. The number of anilines is 1. The zero-order valence-electron chi connectivity index (χ0n) is 19.8. The SMILES string of the molecule is [2H]C([2H])([2H])Oc1cc(-c2ccc(F)c(Cl)c2F)c2ncnc(N)c2c1O[C@@H](C)c1ncc(C#N)cn1. The molecule has 2 N–H and O–H groups in total. The van der Waals surface area contributed by atoms with E-state index in [1.165, 1.54) is 18.5 Å². The number of nitriles is 1. The average molecular weight is 472 g/mol. The van der Waals surface area contributed by atoms with Crippen LogP contribution in [0, 0.1) is 23.0 Å². The Kier molecular flexibility index (Phi) is 4.92. The standard InChI is InChI=1S/C22H15ClF2N6O2/c1-10(22-28-7-11(6-26)8-29-22)33-20-15(32-2)5-13(19-16(20)21(27)31-9-30-19)12-3-4-14(24)17(23)18(12)25/h3-5,7-10H,1-2H3,(H2,27,30,31)/t10-/m0/s1/i2D3. The Morgan fingerprint density at radius 1 is 1.18 bits per heavy atom. The third-order valence-electron chi connectivity index (χ3n) is 4.75. The molecule has 11 heteroatoms. The number of nitrogens with two attached hydrogens (primary N) is 1. The van der Waals surface area contributed by atoms with Crippen LogP contribution in [0.2, 0.25) is 5.02 Å². The molecule has 0 saturated heterocycles. The van der Waals surface area contributed by atoms with E-state index in [0.717, 1.165) is 18.5 Å². The summed E-state index contributed by atoms with van der Waals surface area (Å²) in [5, 5.41) is 8.21. The average Bonchev–Trinajstić information content (AvgIpc) is 2.83. The van der Waals surface area contributed by atoms with Gasteiger partial charge < -0.3 is 15.2 Å². The minimum absolute atomic E-state index is 0.00683. The number of hydrogen-bond donors (Lipinski definition) is 1. The Morgan fingerprint density at radius 2 is 1.94 bits per heavy atom. The lowest BCUT2D eigenvalue weighted by molar-refractivity contribution is 0.209. The first kappa shape index (κ1) is 18.5. The molecule has 1 atom stereocenters. The first-order valence-electron chi connectivity index (χ1n) is 10.8. The van der Waals surface area contributed by atoms with E-state index in [0.29, 0.717) is 0 Å². The van der Waals surface area contributed by atoms with E-state index >= 15 is 0 Å². The smallest absolute Gasteiger partial charge is 0.175 e. The highest BCUT2D eigenvalue weighted by Crippen LogP contribution is 2.45. The molecule has 0 aliphatic carbocycles. The minimum Gasteiger partial charge on any atom is -0.493 e. The Bertz CT molecular complexity index is 1510. The van der Waals surface area contributed by atoms with Crippen LogP contribution in [0.15, 0.2) is 36.9 Å². The fraction of sp³-hybridized carbons (Fsp3) is 0.136. The van der Waals surface area contributed by atoms with Crippen LogP contribution >= 0.6 is 11.6 Å². The van der Waals surface area contributed by atoms with Gasteiger partial charge in [-0.3, -0.25) is 0 Å². The highest BCUT2D eigenvalue weighted by molar-refractivity contribution is 6.31. The molecular formula is C22H15ClF2N6O2. The van der Waals surface area contributed by atoms with Gasteiger partial charge in [-0.15, -0.1) is 0 Å².